The number of benzene rings is 1. The van der Waals surface area contributed by atoms with Crippen LogP contribution in [-0.4, -0.2) is 36.1 Å². The Morgan fingerprint density at radius 3 is 2.88 bits per heavy atom. The largest absolute Gasteiger partial charge is 0.504 e. The first-order chi connectivity index (χ1) is 12.6. The van der Waals surface area contributed by atoms with E-state index < -0.39 is 6.10 Å². The van der Waals surface area contributed by atoms with Gasteiger partial charge in [-0.1, -0.05) is 42.0 Å². The fourth-order valence-corrected chi connectivity index (χ4v) is 3.29. The van der Waals surface area contributed by atoms with Gasteiger partial charge in [0.05, 0.1) is 38.3 Å². The molecule has 1 aromatic carbocycles. The molecule has 1 saturated heterocycles. The molecule has 26 heavy (non-hydrogen) atoms. The number of ether oxygens (including phenoxy) is 2. The molecule has 0 aromatic heterocycles. The molecule has 2 rings (SSSR count). The molecule has 1 aliphatic heterocycles. The van der Waals surface area contributed by atoms with Crippen molar-refractivity contribution in [1.29, 1.82) is 0 Å². The van der Waals surface area contributed by atoms with Gasteiger partial charge in [0, 0.05) is 17.9 Å². The zero-order valence-electron chi connectivity index (χ0n) is 15.3. The Morgan fingerprint density at radius 1 is 1.38 bits per heavy atom. The van der Waals surface area contributed by atoms with Crippen molar-refractivity contribution < 1.29 is 19.7 Å². The highest BCUT2D eigenvalue weighted by atomic mass is 35.5. The Bertz CT molecular complexity index is 666. The predicted octanol–water partition coefficient (Wildman–Crippen LogP) is 4.12. The molecule has 0 spiro atoms. The average Bonchev–Trinajstić information content (AvgIpc) is 2.63. The number of hydrogen-bond donors (Lipinski definition) is 2. The number of rotatable bonds is 7. The zero-order valence-corrected chi connectivity index (χ0v) is 16.0. The Balaban J connectivity index is 2.23. The summed E-state index contributed by atoms with van der Waals surface area (Å²) in [5.74, 6) is 0. The van der Waals surface area contributed by atoms with Crippen LogP contribution in [0.15, 0.2) is 54.3 Å². The molecule has 0 aliphatic carbocycles. The fourth-order valence-electron chi connectivity index (χ4n) is 3.10. The maximum absolute atomic E-state index is 10.0. The van der Waals surface area contributed by atoms with Crippen LogP contribution in [0.1, 0.15) is 37.0 Å². The second-order valence-electron chi connectivity index (χ2n) is 6.39. The summed E-state index contributed by atoms with van der Waals surface area (Å²) in [4.78, 5) is 0. The molecule has 5 heteroatoms. The van der Waals surface area contributed by atoms with Gasteiger partial charge in [0.15, 0.2) is 0 Å². The molecule has 1 fully saturated rings. The van der Waals surface area contributed by atoms with E-state index in [1.165, 1.54) is 0 Å². The molecule has 142 valence electrons. The molecule has 3 atom stereocenters. The highest BCUT2D eigenvalue weighted by Gasteiger charge is 2.29. The highest BCUT2D eigenvalue weighted by Crippen LogP contribution is 2.33. The summed E-state index contributed by atoms with van der Waals surface area (Å²) >= 11 is 6.40. The number of aliphatic hydroxyl groups excluding tert-OH is 2. The number of allylic oxidation sites excluding steroid dienone is 5. The number of halogens is 1. The van der Waals surface area contributed by atoms with Crippen LogP contribution in [-0.2, 0) is 15.9 Å². The second kappa shape index (κ2) is 10.5. The Hall–Kier alpha value is -1.59. The molecule has 0 bridgehead atoms. The number of aliphatic hydroxyl groups is 2. The fraction of sp³-hybridized carbons (Fsp3) is 0.429. The van der Waals surface area contributed by atoms with Crippen molar-refractivity contribution in [3.05, 3.63) is 70.5 Å². The van der Waals surface area contributed by atoms with E-state index >= 15 is 0 Å². The Labute approximate surface area is 160 Å². The van der Waals surface area contributed by atoms with Crippen molar-refractivity contribution in [3.63, 3.8) is 0 Å². The molecule has 1 heterocycles. The van der Waals surface area contributed by atoms with Crippen LogP contribution in [0.25, 0.3) is 0 Å². The van der Waals surface area contributed by atoms with E-state index in [1.807, 2.05) is 49.4 Å². The summed E-state index contributed by atoms with van der Waals surface area (Å²) in [6, 6.07) is 5.81. The SMILES string of the molecule is C\C=C/C(=C\C=C\OC)Cc1cc(C2CC(O)CC(CO)O2)ccc1Cl. The van der Waals surface area contributed by atoms with Crippen LogP contribution in [0.3, 0.4) is 0 Å². The van der Waals surface area contributed by atoms with Gasteiger partial charge in [-0.15, -0.1) is 0 Å². The first-order valence-corrected chi connectivity index (χ1v) is 9.19. The normalized spacial score (nSPS) is 24.5. The Morgan fingerprint density at radius 2 is 2.19 bits per heavy atom. The van der Waals surface area contributed by atoms with Crippen LogP contribution in [0.4, 0.5) is 0 Å². The lowest BCUT2D eigenvalue weighted by molar-refractivity contribution is -0.113. The summed E-state index contributed by atoms with van der Waals surface area (Å²) in [5.41, 5.74) is 3.05. The molecule has 2 N–H and O–H groups in total. The molecule has 3 unspecified atom stereocenters. The lowest BCUT2D eigenvalue weighted by Gasteiger charge is -2.32. The molecule has 0 radical (unpaired) electrons. The van der Waals surface area contributed by atoms with E-state index in [2.05, 4.69) is 0 Å². The van der Waals surface area contributed by atoms with E-state index in [1.54, 1.807) is 13.4 Å². The molecule has 0 amide bonds. The molecule has 4 nitrogen and oxygen atoms in total. The lowest BCUT2D eigenvalue weighted by Crippen LogP contribution is -2.33. The maximum Gasteiger partial charge on any atom is 0.0854 e. The van der Waals surface area contributed by atoms with Gasteiger partial charge in [-0.2, -0.15) is 0 Å². The minimum atomic E-state index is -0.470. The van der Waals surface area contributed by atoms with Crippen LogP contribution < -0.4 is 0 Å². The molecular formula is C21H27ClO4. The maximum atomic E-state index is 10.0. The van der Waals surface area contributed by atoms with Gasteiger partial charge in [0.25, 0.3) is 0 Å². The van der Waals surface area contributed by atoms with Crippen molar-refractivity contribution in [2.24, 2.45) is 0 Å². The third kappa shape index (κ3) is 5.99. The highest BCUT2D eigenvalue weighted by molar-refractivity contribution is 6.31. The van der Waals surface area contributed by atoms with E-state index in [0.29, 0.717) is 24.3 Å². The zero-order chi connectivity index (χ0) is 18.9. The second-order valence-corrected chi connectivity index (χ2v) is 6.80. The molecule has 1 aromatic rings. The van der Waals surface area contributed by atoms with Crippen LogP contribution in [0.2, 0.25) is 5.02 Å². The van der Waals surface area contributed by atoms with E-state index in [9.17, 15) is 10.2 Å². The monoisotopic (exact) mass is 378 g/mol. The van der Waals surface area contributed by atoms with Gasteiger partial charge in [0.2, 0.25) is 0 Å². The lowest BCUT2D eigenvalue weighted by atomic mass is 9.94. The van der Waals surface area contributed by atoms with Crippen molar-refractivity contribution in [3.8, 4) is 0 Å². The minimum Gasteiger partial charge on any atom is -0.504 e. The topological polar surface area (TPSA) is 58.9 Å². The van der Waals surface area contributed by atoms with E-state index in [4.69, 9.17) is 21.1 Å². The molecule has 1 aliphatic rings. The predicted molar refractivity (Wildman–Crippen MR) is 104 cm³/mol. The van der Waals surface area contributed by atoms with E-state index in [-0.39, 0.29) is 18.8 Å². The van der Waals surface area contributed by atoms with Gasteiger partial charge in [0.1, 0.15) is 0 Å². The molecule has 0 saturated carbocycles. The summed E-state index contributed by atoms with van der Waals surface area (Å²) in [6.45, 7) is 1.88. The van der Waals surface area contributed by atoms with Gasteiger partial charge < -0.3 is 19.7 Å². The van der Waals surface area contributed by atoms with Crippen LogP contribution in [0, 0.1) is 0 Å². The van der Waals surface area contributed by atoms with Gasteiger partial charge >= 0.3 is 0 Å². The van der Waals surface area contributed by atoms with Crippen molar-refractivity contribution in [1.82, 2.24) is 0 Å². The summed E-state index contributed by atoms with van der Waals surface area (Å²) in [7, 11) is 1.61. The van der Waals surface area contributed by atoms with Crippen molar-refractivity contribution in [2.45, 2.75) is 44.5 Å². The third-order valence-corrected chi connectivity index (χ3v) is 4.69. The standard InChI is InChI=1S/C21H27ClO4/c1-3-5-15(6-4-9-25-2)10-17-11-16(7-8-20(17)22)21-13-18(24)12-19(14-23)26-21/h3-9,11,18-19,21,23-24H,10,12-14H2,1-2H3/b5-3-,9-4+,15-6+. The summed E-state index contributed by atoms with van der Waals surface area (Å²) < 4.78 is 10.8. The Kier molecular flexibility index (Phi) is 8.39. The summed E-state index contributed by atoms with van der Waals surface area (Å²) in [5, 5.41) is 20.1. The van der Waals surface area contributed by atoms with Gasteiger partial charge in [-0.3, -0.25) is 0 Å². The van der Waals surface area contributed by atoms with Crippen LogP contribution in [0.5, 0.6) is 0 Å². The van der Waals surface area contributed by atoms with Crippen LogP contribution >= 0.6 is 11.6 Å². The third-order valence-electron chi connectivity index (χ3n) is 4.32. The number of hydrogen-bond acceptors (Lipinski definition) is 4. The smallest absolute Gasteiger partial charge is 0.0854 e. The van der Waals surface area contributed by atoms with Gasteiger partial charge in [-0.05, 0) is 42.2 Å². The van der Waals surface area contributed by atoms with E-state index in [0.717, 1.165) is 16.7 Å². The average molecular weight is 379 g/mol. The van der Waals surface area contributed by atoms with Crippen molar-refractivity contribution >= 4 is 11.6 Å². The summed E-state index contributed by atoms with van der Waals surface area (Å²) in [6.07, 6.45) is 10.1. The minimum absolute atomic E-state index is 0.0893. The van der Waals surface area contributed by atoms with Crippen molar-refractivity contribution in [2.75, 3.05) is 13.7 Å². The quantitative estimate of drug-likeness (QED) is 0.553. The first-order valence-electron chi connectivity index (χ1n) is 8.81. The van der Waals surface area contributed by atoms with Gasteiger partial charge in [-0.25, -0.2) is 0 Å². The molecular weight excluding hydrogens is 352 g/mol. The number of methoxy groups -OCH3 is 1. The first kappa shape index (κ1) is 20.7.